The predicted octanol–water partition coefficient (Wildman–Crippen LogP) is 3.97. The second kappa shape index (κ2) is 8.08. The van der Waals surface area contributed by atoms with E-state index in [0.29, 0.717) is 36.1 Å². The summed E-state index contributed by atoms with van der Waals surface area (Å²) in [5.74, 6) is -0.362. The third kappa shape index (κ3) is 4.65. The molecule has 0 heterocycles. The first-order valence-corrected chi connectivity index (χ1v) is 7.60. The fourth-order valence-electron chi connectivity index (χ4n) is 2.26. The lowest BCUT2D eigenvalue weighted by molar-refractivity contribution is -0.139. The van der Waals surface area contributed by atoms with Crippen LogP contribution in [0.5, 0.6) is 0 Å². The molecule has 2 rings (SSSR count). The summed E-state index contributed by atoms with van der Waals surface area (Å²) in [6, 6.07) is 16.8. The van der Waals surface area contributed by atoms with Crippen LogP contribution in [0.2, 0.25) is 0 Å². The molecule has 0 amide bonds. The Balaban J connectivity index is 2.02. The van der Waals surface area contributed by atoms with Gasteiger partial charge in [-0.15, -0.1) is 0 Å². The Morgan fingerprint density at radius 2 is 1.65 bits per heavy atom. The van der Waals surface area contributed by atoms with Crippen LogP contribution in [0, 0.1) is 0 Å². The Hall–Kier alpha value is -2.68. The van der Waals surface area contributed by atoms with Gasteiger partial charge in [-0.3, -0.25) is 4.79 Å². The van der Waals surface area contributed by atoms with E-state index in [1.807, 2.05) is 54.6 Å². The van der Waals surface area contributed by atoms with Gasteiger partial charge in [-0.25, -0.2) is 4.79 Å². The van der Waals surface area contributed by atoms with E-state index in [1.54, 1.807) is 6.92 Å². The Bertz CT molecular complexity index is 702. The zero-order chi connectivity index (χ0) is 16.7. The number of carbonyl (C=O) groups is 2. The number of ether oxygens (including phenoxy) is 1. The van der Waals surface area contributed by atoms with Gasteiger partial charge >= 0.3 is 5.97 Å². The minimum Gasteiger partial charge on any atom is -0.462 e. The first kappa shape index (κ1) is 16.7. The van der Waals surface area contributed by atoms with Crippen molar-refractivity contribution in [3.8, 4) is 0 Å². The average molecular weight is 308 g/mol. The molecule has 0 bridgehead atoms. The molecule has 3 nitrogen and oxygen atoms in total. The molecule has 2 aromatic carbocycles. The van der Waals surface area contributed by atoms with Crippen LogP contribution in [0.3, 0.4) is 0 Å². The smallest absolute Gasteiger partial charge is 0.333 e. The number of esters is 1. The van der Waals surface area contributed by atoms with E-state index in [2.05, 4.69) is 6.58 Å². The number of hydrogen-bond donors (Lipinski definition) is 0. The highest BCUT2D eigenvalue weighted by Crippen LogP contribution is 2.16. The number of benzene rings is 2. The van der Waals surface area contributed by atoms with Gasteiger partial charge in [0.1, 0.15) is 0 Å². The predicted molar refractivity (Wildman–Crippen MR) is 90.4 cm³/mol. The van der Waals surface area contributed by atoms with Crippen molar-refractivity contribution in [1.29, 1.82) is 0 Å². The number of aryl methyl sites for hydroxylation is 1. The van der Waals surface area contributed by atoms with Crippen molar-refractivity contribution in [3.05, 3.63) is 83.4 Å². The van der Waals surface area contributed by atoms with Crippen LogP contribution in [0.1, 0.15) is 34.8 Å². The van der Waals surface area contributed by atoms with Crippen LogP contribution >= 0.6 is 0 Å². The molecule has 0 aliphatic heterocycles. The van der Waals surface area contributed by atoms with E-state index in [9.17, 15) is 9.59 Å². The highest BCUT2D eigenvalue weighted by Gasteiger charge is 2.12. The Morgan fingerprint density at radius 1 is 1.00 bits per heavy atom. The number of hydrogen-bond acceptors (Lipinski definition) is 3. The lowest BCUT2D eigenvalue weighted by Gasteiger charge is -2.09. The van der Waals surface area contributed by atoms with Gasteiger partial charge in [-0.2, -0.15) is 0 Å². The van der Waals surface area contributed by atoms with Crippen LogP contribution in [-0.4, -0.2) is 18.4 Å². The third-order valence-corrected chi connectivity index (χ3v) is 3.47. The van der Waals surface area contributed by atoms with Crippen molar-refractivity contribution in [2.24, 2.45) is 0 Å². The maximum Gasteiger partial charge on any atom is 0.333 e. The maximum atomic E-state index is 12.6. The molecule has 0 saturated carbocycles. The van der Waals surface area contributed by atoms with Gasteiger partial charge in [0.15, 0.2) is 5.78 Å². The summed E-state index contributed by atoms with van der Waals surface area (Å²) in [4.78, 5) is 23.9. The molecular formula is C20H20O3. The Morgan fingerprint density at radius 3 is 2.35 bits per heavy atom. The van der Waals surface area contributed by atoms with Crippen molar-refractivity contribution in [2.45, 2.75) is 19.8 Å². The minimum atomic E-state index is -0.376. The molecule has 0 radical (unpaired) electrons. The molecule has 2 aromatic rings. The average Bonchev–Trinajstić information content (AvgIpc) is 2.59. The molecule has 3 heteroatoms. The lowest BCUT2D eigenvalue weighted by atomic mass is 9.96. The van der Waals surface area contributed by atoms with E-state index < -0.39 is 0 Å². The third-order valence-electron chi connectivity index (χ3n) is 3.47. The van der Waals surface area contributed by atoms with Crippen LogP contribution in [0.4, 0.5) is 0 Å². The van der Waals surface area contributed by atoms with Crippen LogP contribution in [0.15, 0.2) is 66.7 Å². The fraction of sp³-hybridized carbons (Fsp3) is 0.200. The van der Waals surface area contributed by atoms with E-state index in [4.69, 9.17) is 4.74 Å². The Labute approximate surface area is 136 Å². The summed E-state index contributed by atoms with van der Waals surface area (Å²) in [6.45, 7) is 5.48. The van der Waals surface area contributed by atoms with E-state index >= 15 is 0 Å². The number of carbonyl (C=O) groups excluding carboxylic acids is 2. The van der Waals surface area contributed by atoms with E-state index in [-0.39, 0.29) is 11.8 Å². The zero-order valence-corrected chi connectivity index (χ0v) is 13.2. The zero-order valence-electron chi connectivity index (χ0n) is 13.2. The molecule has 23 heavy (non-hydrogen) atoms. The minimum absolute atomic E-state index is 0.0140. The molecule has 0 N–H and O–H groups in total. The molecule has 0 spiro atoms. The summed E-state index contributed by atoms with van der Waals surface area (Å²) < 4.78 is 5.09. The molecular weight excluding hydrogens is 288 g/mol. The standard InChI is InChI=1S/C20H20O3/c1-15(2)20(22)23-14-8-12-16-9-6-7-13-18(16)19(21)17-10-4-3-5-11-17/h3-7,9-11,13H,1,8,12,14H2,2H3. The van der Waals surface area contributed by atoms with Crippen molar-refractivity contribution in [1.82, 2.24) is 0 Å². The highest BCUT2D eigenvalue weighted by atomic mass is 16.5. The molecule has 0 unspecified atom stereocenters. The highest BCUT2D eigenvalue weighted by molar-refractivity contribution is 6.09. The first-order chi connectivity index (χ1) is 11.1. The molecule has 0 saturated heterocycles. The quantitative estimate of drug-likeness (QED) is 0.336. The molecule has 118 valence electrons. The van der Waals surface area contributed by atoms with Gasteiger partial charge in [0.05, 0.1) is 6.61 Å². The largest absolute Gasteiger partial charge is 0.462 e. The maximum absolute atomic E-state index is 12.6. The van der Waals surface area contributed by atoms with Gasteiger partial charge in [-0.1, -0.05) is 61.2 Å². The second-order valence-corrected chi connectivity index (χ2v) is 5.37. The SMILES string of the molecule is C=C(C)C(=O)OCCCc1ccccc1C(=O)c1ccccc1. The topological polar surface area (TPSA) is 43.4 Å². The molecule has 0 aliphatic rings. The van der Waals surface area contributed by atoms with Gasteiger partial charge in [0.25, 0.3) is 0 Å². The Kier molecular flexibility index (Phi) is 5.87. The van der Waals surface area contributed by atoms with Crippen molar-refractivity contribution in [2.75, 3.05) is 6.61 Å². The summed E-state index contributed by atoms with van der Waals surface area (Å²) >= 11 is 0. The van der Waals surface area contributed by atoms with Crippen LogP contribution < -0.4 is 0 Å². The molecule has 0 aromatic heterocycles. The number of ketones is 1. The fourth-order valence-corrected chi connectivity index (χ4v) is 2.26. The van der Waals surface area contributed by atoms with Crippen molar-refractivity contribution in [3.63, 3.8) is 0 Å². The van der Waals surface area contributed by atoms with Gasteiger partial charge in [0, 0.05) is 16.7 Å². The van der Waals surface area contributed by atoms with E-state index in [0.717, 1.165) is 5.56 Å². The summed E-state index contributed by atoms with van der Waals surface area (Å²) in [7, 11) is 0. The van der Waals surface area contributed by atoms with Gasteiger partial charge in [0.2, 0.25) is 0 Å². The number of rotatable bonds is 7. The molecule has 0 aliphatic carbocycles. The first-order valence-electron chi connectivity index (χ1n) is 7.60. The summed E-state index contributed by atoms with van der Waals surface area (Å²) in [5.41, 5.74) is 2.73. The van der Waals surface area contributed by atoms with Gasteiger partial charge in [-0.05, 0) is 25.3 Å². The van der Waals surface area contributed by atoms with E-state index in [1.165, 1.54) is 0 Å². The monoisotopic (exact) mass is 308 g/mol. The second-order valence-electron chi connectivity index (χ2n) is 5.37. The summed E-state index contributed by atoms with van der Waals surface area (Å²) in [6.07, 6.45) is 1.34. The molecule has 0 atom stereocenters. The lowest BCUT2D eigenvalue weighted by Crippen LogP contribution is -2.09. The van der Waals surface area contributed by atoms with Crippen molar-refractivity contribution >= 4 is 11.8 Å². The van der Waals surface area contributed by atoms with Gasteiger partial charge < -0.3 is 4.74 Å². The summed E-state index contributed by atoms with van der Waals surface area (Å²) in [5, 5.41) is 0. The van der Waals surface area contributed by atoms with Crippen LogP contribution in [-0.2, 0) is 16.0 Å². The normalized spacial score (nSPS) is 10.1. The van der Waals surface area contributed by atoms with Crippen molar-refractivity contribution < 1.29 is 14.3 Å². The van der Waals surface area contributed by atoms with Crippen LogP contribution in [0.25, 0.3) is 0 Å². The molecule has 0 fully saturated rings.